The quantitative estimate of drug-likeness (QED) is 0.750. The summed E-state index contributed by atoms with van der Waals surface area (Å²) in [5.41, 5.74) is 10.7. The van der Waals surface area contributed by atoms with E-state index in [2.05, 4.69) is 5.32 Å². The number of nitrogens with one attached hydrogen (secondary N) is 1. The van der Waals surface area contributed by atoms with E-state index in [-0.39, 0.29) is 23.1 Å². The highest BCUT2D eigenvalue weighted by Crippen LogP contribution is 2.23. The normalized spacial score (nSPS) is 22.2. The summed E-state index contributed by atoms with van der Waals surface area (Å²) in [6.07, 6.45) is 0.464. The van der Waals surface area contributed by atoms with E-state index in [1.54, 1.807) is 6.07 Å². The second-order valence-electron chi connectivity index (χ2n) is 4.47. The number of amides is 2. The van der Waals surface area contributed by atoms with Crippen LogP contribution < -0.4 is 16.8 Å². The lowest BCUT2D eigenvalue weighted by Gasteiger charge is -2.20. The number of ether oxygens (including phenoxy) is 1. The molecule has 1 aliphatic rings. The molecule has 1 aromatic rings. The molecule has 1 aromatic carbocycles. The Morgan fingerprint density at radius 2 is 2.16 bits per heavy atom. The van der Waals surface area contributed by atoms with Crippen LogP contribution in [0.25, 0.3) is 0 Å². The molecule has 0 aromatic heterocycles. The molecule has 2 amide bonds. The molecule has 0 radical (unpaired) electrons. The maximum atomic E-state index is 12.0. The third-order valence-electron chi connectivity index (χ3n) is 3.00. The molecule has 1 aliphatic heterocycles. The van der Waals surface area contributed by atoms with Crippen LogP contribution in [0.15, 0.2) is 18.2 Å². The average Bonchev–Trinajstić information content (AvgIpc) is 2.77. The molecule has 0 aliphatic carbocycles. The predicted octanol–water partition coefficient (Wildman–Crippen LogP) is 0.495. The molecule has 5 N–H and O–H groups in total. The van der Waals surface area contributed by atoms with Gasteiger partial charge in [0.05, 0.1) is 17.2 Å². The van der Waals surface area contributed by atoms with Crippen LogP contribution in [0, 0.1) is 0 Å². The molecule has 19 heavy (non-hydrogen) atoms. The van der Waals surface area contributed by atoms with Gasteiger partial charge in [0, 0.05) is 12.3 Å². The molecule has 0 spiro atoms. The maximum absolute atomic E-state index is 12.0. The van der Waals surface area contributed by atoms with Crippen LogP contribution in [0.4, 0.5) is 5.69 Å². The lowest BCUT2D eigenvalue weighted by molar-refractivity contribution is -0.121. The van der Waals surface area contributed by atoms with Gasteiger partial charge < -0.3 is 21.5 Å². The van der Waals surface area contributed by atoms with E-state index in [9.17, 15) is 9.59 Å². The van der Waals surface area contributed by atoms with Gasteiger partial charge in [-0.15, -0.1) is 0 Å². The Kier molecular flexibility index (Phi) is 3.75. The Labute approximate surface area is 115 Å². The number of carbonyl (C=O) groups is 2. The molecular weight excluding hydrogens is 270 g/mol. The van der Waals surface area contributed by atoms with Crippen molar-refractivity contribution in [1.82, 2.24) is 0 Å². The molecule has 1 fully saturated rings. The highest BCUT2D eigenvalue weighted by atomic mass is 35.5. The van der Waals surface area contributed by atoms with Gasteiger partial charge in [-0.25, -0.2) is 0 Å². The summed E-state index contributed by atoms with van der Waals surface area (Å²) in [5, 5.41) is 2.83. The van der Waals surface area contributed by atoms with Gasteiger partial charge in [0.2, 0.25) is 11.8 Å². The summed E-state index contributed by atoms with van der Waals surface area (Å²) >= 11 is 5.89. The summed E-state index contributed by atoms with van der Waals surface area (Å²) in [4.78, 5) is 23.0. The smallest absolute Gasteiger partial charge is 0.250 e. The Hall–Kier alpha value is -1.63. The second-order valence-corrected chi connectivity index (χ2v) is 4.88. The largest absolute Gasteiger partial charge is 0.379 e. The predicted molar refractivity (Wildman–Crippen MR) is 71.0 cm³/mol. The van der Waals surface area contributed by atoms with E-state index in [4.69, 9.17) is 27.8 Å². The Balaban J connectivity index is 2.13. The van der Waals surface area contributed by atoms with Crippen molar-refractivity contribution in [3.63, 3.8) is 0 Å². The fraction of sp³-hybridized carbons (Fsp3) is 0.333. The zero-order valence-corrected chi connectivity index (χ0v) is 10.9. The molecule has 0 bridgehead atoms. The van der Waals surface area contributed by atoms with Gasteiger partial charge in [0.15, 0.2) is 0 Å². The van der Waals surface area contributed by atoms with Crippen LogP contribution >= 0.6 is 11.6 Å². The van der Waals surface area contributed by atoms with Crippen molar-refractivity contribution in [3.05, 3.63) is 28.8 Å². The van der Waals surface area contributed by atoms with Crippen molar-refractivity contribution < 1.29 is 14.3 Å². The van der Waals surface area contributed by atoms with Crippen molar-refractivity contribution in [2.45, 2.75) is 12.0 Å². The number of hydrogen-bond acceptors (Lipinski definition) is 4. The monoisotopic (exact) mass is 283 g/mol. The van der Waals surface area contributed by atoms with Crippen LogP contribution in [-0.2, 0) is 9.53 Å². The lowest BCUT2D eigenvalue weighted by atomic mass is 9.99. The maximum Gasteiger partial charge on any atom is 0.250 e. The van der Waals surface area contributed by atoms with Crippen molar-refractivity contribution in [2.75, 3.05) is 18.5 Å². The third kappa shape index (κ3) is 2.86. The lowest BCUT2D eigenvalue weighted by Crippen LogP contribution is -2.51. The average molecular weight is 284 g/mol. The van der Waals surface area contributed by atoms with Gasteiger partial charge in [0.25, 0.3) is 0 Å². The van der Waals surface area contributed by atoms with E-state index >= 15 is 0 Å². The highest BCUT2D eigenvalue weighted by molar-refractivity contribution is 6.34. The van der Waals surface area contributed by atoms with Crippen molar-refractivity contribution in [1.29, 1.82) is 0 Å². The summed E-state index contributed by atoms with van der Waals surface area (Å²) in [7, 11) is 0. The number of nitrogens with two attached hydrogens (primary N) is 2. The number of carbonyl (C=O) groups excluding carboxylic acids is 2. The Morgan fingerprint density at radius 1 is 1.42 bits per heavy atom. The fourth-order valence-electron chi connectivity index (χ4n) is 1.81. The van der Waals surface area contributed by atoms with Crippen LogP contribution in [-0.4, -0.2) is 30.6 Å². The molecule has 2 rings (SSSR count). The summed E-state index contributed by atoms with van der Waals surface area (Å²) < 4.78 is 5.12. The third-order valence-corrected chi connectivity index (χ3v) is 3.31. The van der Waals surface area contributed by atoms with Crippen molar-refractivity contribution in [2.24, 2.45) is 11.5 Å². The number of hydrogen-bond donors (Lipinski definition) is 3. The second kappa shape index (κ2) is 5.16. The van der Waals surface area contributed by atoms with Gasteiger partial charge >= 0.3 is 0 Å². The van der Waals surface area contributed by atoms with E-state index in [1.807, 2.05) is 0 Å². The summed E-state index contributed by atoms with van der Waals surface area (Å²) in [5.74, 6) is -0.963. The van der Waals surface area contributed by atoms with Gasteiger partial charge in [0.1, 0.15) is 5.54 Å². The highest BCUT2D eigenvalue weighted by Gasteiger charge is 2.38. The summed E-state index contributed by atoms with van der Waals surface area (Å²) in [6.45, 7) is 0.650. The van der Waals surface area contributed by atoms with Crippen molar-refractivity contribution in [3.8, 4) is 0 Å². The van der Waals surface area contributed by atoms with Gasteiger partial charge in [-0.3, -0.25) is 9.59 Å². The molecule has 102 valence electrons. The topological polar surface area (TPSA) is 107 Å². The summed E-state index contributed by atoms with van der Waals surface area (Å²) in [6, 6.07) is 4.45. The number of benzene rings is 1. The van der Waals surface area contributed by atoms with E-state index in [0.717, 1.165) is 0 Å². The molecular formula is C12H14ClN3O3. The molecule has 1 atom stereocenters. The number of rotatable bonds is 3. The van der Waals surface area contributed by atoms with E-state index in [0.29, 0.717) is 18.7 Å². The van der Waals surface area contributed by atoms with Crippen molar-refractivity contribution >= 4 is 29.1 Å². The minimum Gasteiger partial charge on any atom is -0.379 e. The first-order chi connectivity index (χ1) is 8.92. The molecule has 6 nitrogen and oxygen atoms in total. The van der Waals surface area contributed by atoms with Crippen LogP contribution in [0.5, 0.6) is 0 Å². The fourth-order valence-corrected chi connectivity index (χ4v) is 2.08. The zero-order valence-electron chi connectivity index (χ0n) is 10.1. The van der Waals surface area contributed by atoms with Gasteiger partial charge in [-0.05, 0) is 24.6 Å². The minimum absolute atomic E-state index is 0.180. The molecule has 7 heteroatoms. The number of halogens is 1. The number of primary amides is 1. The number of anilines is 1. The zero-order chi connectivity index (χ0) is 14.0. The Bertz CT molecular complexity index is 527. The first kappa shape index (κ1) is 13.8. The van der Waals surface area contributed by atoms with E-state index < -0.39 is 11.4 Å². The molecule has 1 unspecified atom stereocenters. The van der Waals surface area contributed by atoms with Gasteiger partial charge in [-0.1, -0.05) is 11.6 Å². The molecule has 0 saturated carbocycles. The Morgan fingerprint density at radius 3 is 2.68 bits per heavy atom. The minimum atomic E-state index is -1.02. The van der Waals surface area contributed by atoms with Crippen LogP contribution in [0.3, 0.4) is 0 Å². The van der Waals surface area contributed by atoms with Crippen LogP contribution in [0.2, 0.25) is 5.02 Å². The molecule has 1 saturated heterocycles. The SMILES string of the molecule is NC(=O)c1ccc(NC(=O)C2(N)CCOC2)cc1Cl. The first-order valence-corrected chi connectivity index (χ1v) is 6.08. The molecule has 1 heterocycles. The standard InChI is InChI=1S/C12H14ClN3O3/c13-9-5-7(1-2-8(9)10(14)17)16-11(18)12(15)3-4-19-6-12/h1-2,5H,3-4,6,15H2,(H2,14,17)(H,16,18). The van der Waals surface area contributed by atoms with E-state index in [1.165, 1.54) is 12.1 Å². The van der Waals surface area contributed by atoms with Crippen LogP contribution in [0.1, 0.15) is 16.8 Å². The first-order valence-electron chi connectivity index (χ1n) is 5.70. The van der Waals surface area contributed by atoms with Gasteiger partial charge in [-0.2, -0.15) is 0 Å².